The maximum absolute atomic E-state index is 12.7. The van der Waals surface area contributed by atoms with Crippen LogP contribution in [0.5, 0.6) is 0 Å². The highest BCUT2D eigenvalue weighted by atomic mass is 32.2. The molecule has 3 nitrogen and oxygen atoms in total. The summed E-state index contributed by atoms with van der Waals surface area (Å²) in [4.78, 5) is 0.414. The fourth-order valence-electron chi connectivity index (χ4n) is 6.05. The van der Waals surface area contributed by atoms with Gasteiger partial charge in [0.05, 0.1) is 4.90 Å². The van der Waals surface area contributed by atoms with Crippen molar-refractivity contribution in [2.45, 2.75) is 69.6 Å². The maximum atomic E-state index is 12.7. The van der Waals surface area contributed by atoms with Gasteiger partial charge in [0.15, 0.2) is 0 Å². The number of benzene rings is 1. The van der Waals surface area contributed by atoms with Gasteiger partial charge in [0.25, 0.3) is 0 Å². The number of unbranched alkanes of at least 4 members (excludes halogenated alkanes) is 1. The summed E-state index contributed by atoms with van der Waals surface area (Å²) in [6.07, 6.45) is 11.2. The van der Waals surface area contributed by atoms with Gasteiger partial charge in [-0.25, -0.2) is 13.1 Å². The van der Waals surface area contributed by atoms with Crippen LogP contribution in [0.15, 0.2) is 29.2 Å². The normalized spacial score (nSPS) is 33.7. The van der Waals surface area contributed by atoms with Crippen molar-refractivity contribution < 1.29 is 8.42 Å². The average molecular weight is 362 g/mol. The van der Waals surface area contributed by atoms with Gasteiger partial charge < -0.3 is 0 Å². The Hall–Kier alpha value is -0.870. The van der Waals surface area contributed by atoms with Crippen LogP contribution in [0.3, 0.4) is 0 Å². The van der Waals surface area contributed by atoms with Crippen molar-refractivity contribution in [1.82, 2.24) is 4.72 Å². The van der Waals surface area contributed by atoms with Gasteiger partial charge in [0, 0.05) is 6.54 Å². The van der Waals surface area contributed by atoms with E-state index >= 15 is 0 Å². The first-order valence-corrected chi connectivity index (χ1v) is 11.5. The molecule has 1 aromatic rings. The minimum atomic E-state index is -3.39. The number of hydrogen-bond acceptors (Lipinski definition) is 2. The number of aryl methyl sites for hydroxylation is 1. The molecule has 0 saturated heterocycles. The van der Waals surface area contributed by atoms with E-state index in [4.69, 9.17) is 0 Å². The summed E-state index contributed by atoms with van der Waals surface area (Å²) in [5.74, 6) is 2.57. The Labute approximate surface area is 152 Å². The molecule has 0 radical (unpaired) electrons. The predicted molar refractivity (Wildman–Crippen MR) is 101 cm³/mol. The van der Waals surface area contributed by atoms with Crippen molar-refractivity contribution in [3.63, 3.8) is 0 Å². The molecule has 0 aromatic heterocycles. The fourth-order valence-corrected chi connectivity index (χ4v) is 7.21. The van der Waals surface area contributed by atoms with Crippen LogP contribution in [0.25, 0.3) is 0 Å². The SMILES string of the molecule is CCCCc1ccc(S(=O)(=O)NCC23CC4CC(CC(C4)C2)C3)cc1. The Kier molecular flexibility index (Phi) is 4.70. The maximum Gasteiger partial charge on any atom is 0.240 e. The third-order valence-electron chi connectivity index (χ3n) is 6.85. The van der Waals surface area contributed by atoms with Crippen molar-refractivity contribution in [3.05, 3.63) is 29.8 Å². The van der Waals surface area contributed by atoms with Gasteiger partial charge in [-0.2, -0.15) is 0 Å². The molecule has 5 rings (SSSR count). The highest BCUT2D eigenvalue weighted by Gasteiger charge is 2.50. The van der Waals surface area contributed by atoms with Gasteiger partial charge in [0.1, 0.15) is 0 Å². The first-order valence-electron chi connectivity index (χ1n) is 10.1. The average Bonchev–Trinajstić information content (AvgIpc) is 2.58. The summed E-state index contributed by atoms with van der Waals surface area (Å²) in [6, 6.07) is 7.48. The smallest absolute Gasteiger partial charge is 0.211 e. The first kappa shape index (κ1) is 17.5. The lowest BCUT2D eigenvalue weighted by Crippen LogP contribution is -2.51. The molecule has 0 atom stereocenters. The fraction of sp³-hybridized carbons (Fsp3) is 0.714. The van der Waals surface area contributed by atoms with E-state index in [9.17, 15) is 8.42 Å². The van der Waals surface area contributed by atoms with Crippen LogP contribution in [-0.2, 0) is 16.4 Å². The van der Waals surface area contributed by atoms with E-state index in [1.807, 2.05) is 12.1 Å². The van der Waals surface area contributed by atoms with E-state index < -0.39 is 10.0 Å². The molecule has 0 amide bonds. The number of rotatable bonds is 7. The van der Waals surface area contributed by atoms with Crippen molar-refractivity contribution in [2.24, 2.45) is 23.2 Å². The number of sulfonamides is 1. The van der Waals surface area contributed by atoms with Crippen LogP contribution in [0.2, 0.25) is 0 Å². The molecule has 4 saturated carbocycles. The molecule has 1 aromatic carbocycles. The largest absolute Gasteiger partial charge is 0.240 e. The van der Waals surface area contributed by atoms with Crippen molar-refractivity contribution >= 4 is 10.0 Å². The highest BCUT2D eigenvalue weighted by molar-refractivity contribution is 7.89. The van der Waals surface area contributed by atoms with Gasteiger partial charge in [-0.15, -0.1) is 0 Å². The van der Waals surface area contributed by atoms with E-state index in [1.54, 1.807) is 12.1 Å². The summed E-state index contributed by atoms with van der Waals surface area (Å²) in [5, 5.41) is 0. The Morgan fingerprint density at radius 1 is 1.00 bits per heavy atom. The van der Waals surface area contributed by atoms with Gasteiger partial charge in [0.2, 0.25) is 10.0 Å². The van der Waals surface area contributed by atoms with E-state index in [0.717, 1.165) is 37.0 Å². The molecular weight excluding hydrogens is 330 g/mol. The zero-order valence-corrected chi connectivity index (χ0v) is 16.2. The van der Waals surface area contributed by atoms with Crippen molar-refractivity contribution in [2.75, 3.05) is 6.54 Å². The molecule has 0 spiro atoms. The van der Waals surface area contributed by atoms with E-state index in [0.29, 0.717) is 11.4 Å². The van der Waals surface area contributed by atoms with Gasteiger partial charge in [-0.1, -0.05) is 25.5 Å². The Morgan fingerprint density at radius 2 is 1.56 bits per heavy atom. The van der Waals surface area contributed by atoms with E-state index in [1.165, 1.54) is 44.1 Å². The lowest BCUT2D eigenvalue weighted by molar-refractivity contribution is -0.0487. The zero-order valence-electron chi connectivity index (χ0n) is 15.3. The van der Waals surface area contributed by atoms with Crippen molar-refractivity contribution in [3.8, 4) is 0 Å². The second kappa shape index (κ2) is 6.70. The predicted octanol–water partition coefficient (Wildman–Crippen LogP) is 4.52. The first-order chi connectivity index (χ1) is 12.0. The highest BCUT2D eigenvalue weighted by Crippen LogP contribution is 2.59. The quantitative estimate of drug-likeness (QED) is 0.776. The number of nitrogens with one attached hydrogen (secondary N) is 1. The summed E-state index contributed by atoms with van der Waals surface area (Å²) < 4.78 is 28.4. The van der Waals surface area contributed by atoms with Gasteiger partial charge in [-0.05, 0) is 92.2 Å². The third-order valence-corrected chi connectivity index (χ3v) is 8.27. The monoisotopic (exact) mass is 361 g/mol. The Bertz CT molecular complexity index is 673. The molecule has 1 N–H and O–H groups in total. The molecule has 25 heavy (non-hydrogen) atoms. The topological polar surface area (TPSA) is 46.2 Å². The number of hydrogen-bond donors (Lipinski definition) is 1. The lowest BCUT2D eigenvalue weighted by Gasteiger charge is -2.56. The molecule has 0 unspecified atom stereocenters. The minimum Gasteiger partial charge on any atom is -0.211 e. The van der Waals surface area contributed by atoms with Crippen LogP contribution in [0.1, 0.15) is 63.9 Å². The van der Waals surface area contributed by atoms with E-state index in [2.05, 4.69) is 11.6 Å². The van der Waals surface area contributed by atoms with Crippen LogP contribution in [0.4, 0.5) is 0 Å². The van der Waals surface area contributed by atoms with Crippen LogP contribution in [-0.4, -0.2) is 15.0 Å². The third kappa shape index (κ3) is 3.66. The summed E-state index contributed by atoms with van der Waals surface area (Å²) in [5.41, 5.74) is 1.46. The second-order valence-electron chi connectivity index (χ2n) is 8.99. The Balaban J connectivity index is 1.41. The van der Waals surface area contributed by atoms with Crippen LogP contribution >= 0.6 is 0 Å². The van der Waals surface area contributed by atoms with Crippen LogP contribution < -0.4 is 4.72 Å². The van der Waals surface area contributed by atoms with Gasteiger partial charge >= 0.3 is 0 Å². The van der Waals surface area contributed by atoms with Crippen LogP contribution in [0, 0.1) is 23.2 Å². The molecule has 138 valence electrons. The lowest BCUT2D eigenvalue weighted by atomic mass is 9.50. The van der Waals surface area contributed by atoms with Crippen molar-refractivity contribution in [1.29, 1.82) is 0 Å². The molecule has 0 heterocycles. The molecule has 0 aliphatic heterocycles. The summed E-state index contributed by atoms with van der Waals surface area (Å²) in [7, 11) is -3.39. The summed E-state index contributed by atoms with van der Waals surface area (Å²) >= 11 is 0. The minimum absolute atomic E-state index is 0.239. The second-order valence-corrected chi connectivity index (χ2v) is 10.8. The molecule has 4 aliphatic rings. The zero-order chi connectivity index (χ0) is 17.5. The van der Waals surface area contributed by atoms with E-state index in [-0.39, 0.29) is 5.41 Å². The molecule has 4 fully saturated rings. The van der Waals surface area contributed by atoms with Gasteiger partial charge in [-0.3, -0.25) is 0 Å². The molecular formula is C21H31NO2S. The standard InChI is InChI=1S/C21H31NO2S/c1-2-3-4-16-5-7-20(8-6-16)25(23,24)22-15-21-12-17-9-18(13-21)11-19(10-17)14-21/h5-8,17-19,22H,2-4,9-15H2,1H3. The summed E-state index contributed by atoms with van der Waals surface area (Å²) in [6.45, 7) is 2.81. The molecule has 4 bridgehead atoms. The molecule has 4 heteroatoms. The molecule has 4 aliphatic carbocycles. The Morgan fingerprint density at radius 3 is 2.08 bits per heavy atom.